The monoisotopic (exact) mass is 688 g/mol. The number of amides is 1. The summed E-state index contributed by atoms with van der Waals surface area (Å²) in [5.41, 5.74) is 1.20. The van der Waals surface area contributed by atoms with E-state index in [-0.39, 0.29) is 52.1 Å². The van der Waals surface area contributed by atoms with Gasteiger partial charge in [0.2, 0.25) is 5.91 Å². The Morgan fingerprint density at radius 1 is 1.17 bits per heavy atom. The number of halogens is 3. The highest BCUT2D eigenvalue weighted by molar-refractivity contribution is 6.31. The summed E-state index contributed by atoms with van der Waals surface area (Å²) < 4.78 is 45.1. The fourth-order valence-corrected chi connectivity index (χ4v) is 5.95. The molecule has 3 aromatic heterocycles. The molecule has 5 heterocycles. The number of nitrogens with one attached hydrogen (secondary N) is 1. The number of alkyl halides is 2. The standard InChI is InChI=1S/C31H35ClF2N8O6/c32-21-2-3-25(48-31(33)34)22(16-21)27-24(37-29(44)23-17-36-42-7-1-6-35-28(23)42)18-41(38-27)19-26(43)40-8-4-20(5-9-40)30(45)47-15-12-39-10-13-46-14-11-39/h1-3,6-7,16-18,20,29,31,37,44H,4-5,8-15,19H2. The number of rotatable bonds is 12. The summed E-state index contributed by atoms with van der Waals surface area (Å²) >= 11 is 6.23. The molecule has 0 bridgehead atoms. The van der Waals surface area contributed by atoms with Crippen molar-refractivity contribution < 1.29 is 37.7 Å². The molecule has 1 amide bonds. The number of aliphatic hydroxyl groups is 1. The van der Waals surface area contributed by atoms with Crippen LogP contribution in [0.1, 0.15) is 24.6 Å². The fourth-order valence-electron chi connectivity index (χ4n) is 5.78. The van der Waals surface area contributed by atoms with Crippen LogP contribution in [0.2, 0.25) is 5.02 Å². The zero-order valence-electron chi connectivity index (χ0n) is 25.9. The second-order valence-corrected chi connectivity index (χ2v) is 11.9. The van der Waals surface area contributed by atoms with Gasteiger partial charge in [0.05, 0.1) is 36.6 Å². The van der Waals surface area contributed by atoms with Crippen LogP contribution in [-0.2, 0) is 25.6 Å². The number of benzene rings is 1. The smallest absolute Gasteiger partial charge is 0.387 e. The van der Waals surface area contributed by atoms with Gasteiger partial charge in [-0.1, -0.05) is 11.6 Å². The molecule has 2 N–H and O–H groups in total. The topological polar surface area (TPSA) is 149 Å². The number of ether oxygens (including phenoxy) is 3. The summed E-state index contributed by atoms with van der Waals surface area (Å²) in [6, 6.07) is 5.79. The molecule has 2 aliphatic rings. The van der Waals surface area contributed by atoms with Crippen molar-refractivity contribution in [3.8, 4) is 17.0 Å². The first kappa shape index (κ1) is 33.5. The van der Waals surface area contributed by atoms with E-state index in [1.54, 1.807) is 23.4 Å². The number of piperidine rings is 1. The summed E-state index contributed by atoms with van der Waals surface area (Å²) in [6.07, 6.45) is 5.76. The molecule has 2 aliphatic heterocycles. The third-order valence-corrected chi connectivity index (χ3v) is 8.54. The molecule has 14 nitrogen and oxygen atoms in total. The lowest BCUT2D eigenvalue weighted by molar-refractivity contribution is -0.152. The van der Waals surface area contributed by atoms with Gasteiger partial charge in [-0.05, 0) is 37.1 Å². The van der Waals surface area contributed by atoms with E-state index >= 15 is 0 Å². The second-order valence-electron chi connectivity index (χ2n) is 11.4. The van der Waals surface area contributed by atoms with E-state index < -0.39 is 12.8 Å². The third kappa shape index (κ3) is 8.01. The molecule has 1 atom stereocenters. The molecule has 17 heteroatoms. The van der Waals surface area contributed by atoms with E-state index in [1.807, 2.05) is 0 Å². The van der Waals surface area contributed by atoms with Crippen molar-refractivity contribution >= 4 is 34.8 Å². The number of carbonyl (C=O) groups excluding carboxylic acids is 2. The van der Waals surface area contributed by atoms with Gasteiger partial charge >= 0.3 is 12.6 Å². The lowest BCUT2D eigenvalue weighted by Gasteiger charge is -2.31. The molecule has 2 saturated heterocycles. The minimum atomic E-state index is -3.12. The normalized spacial score (nSPS) is 16.7. The summed E-state index contributed by atoms with van der Waals surface area (Å²) in [5, 5.41) is 23.0. The lowest BCUT2D eigenvalue weighted by atomic mass is 9.97. The van der Waals surface area contributed by atoms with E-state index in [1.165, 1.54) is 39.8 Å². The minimum Gasteiger partial charge on any atom is -0.464 e. The van der Waals surface area contributed by atoms with Gasteiger partial charge in [-0.15, -0.1) is 0 Å². The molecule has 0 radical (unpaired) electrons. The molecular formula is C31H35ClF2N8O6. The Kier molecular flexibility index (Phi) is 10.6. The van der Waals surface area contributed by atoms with Gasteiger partial charge in [-0.25, -0.2) is 9.50 Å². The molecule has 2 fully saturated rings. The van der Waals surface area contributed by atoms with Gasteiger partial charge in [0.15, 0.2) is 11.9 Å². The van der Waals surface area contributed by atoms with E-state index in [9.17, 15) is 23.5 Å². The number of fused-ring (bicyclic) bond motifs is 1. The van der Waals surface area contributed by atoms with Crippen LogP contribution < -0.4 is 10.1 Å². The number of hydrogen-bond acceptors (Lipinski definition) is 11. The van der Waals surface area contributed by atoms with Crippen LogP contribution in [-0.4, -0.2) is 110 Å². The summed E-state index contributed by atoms with van der Waals surface area (Å²) in [6.45, 7) is 1.38. The van der Waals surface area contributed by atoms with E-state index in [4.69, 9.17) is 25.8 Å². The number of nitrogens with zero attached hydrogens (tertiary/aromatic N) is 7. The number of aromatic nitrogens is 5. The highest BCUT2D eigenvalue weighted by Crippen LogP contribution is 2.38. The Morgan fingerprint density at radius 3 is 2.73 bits per heavy atom. The molecule has 0 spiro atoms. The highest BCUT2D eigenvalue weighted by Gasteiger charge is 2.29. The van der Waals surface area contributed by atoms with Crippen LogP contribution >= 0.6 is 11.6 Å². The van der Waals surface area contributed by atoms with Crippen molar-refractivity contribution in [1.29, 1.82) is 0 Å². The van der Waals surface area contributed by atoms with Crippen LogP contribution in [0, 0.1) is 5.92 Å². The van der Waals surface area contributed by atoms with E-state index in [0.29, 0.717) is 63.5 Å². The Hall–Kier alpha value is -4.38. The molecule has 256 valence electrons. The SMILES string of the molecule is O=C(OCCN1CCOCC1)C1CCN(C(=O)Cn2cc(NC(O)c3cnn4cccnc34)c(-c3cc(Cl)ccc3OC(F)F)n2)CC1. The van der Waals surface area contributed by atoms with Crippen molar-refractivity contribution in [1.82, 2.24) is 34.2 Å². The summed E-state index contributed by atoms with van der Waals surface area (Å²) in [4.78, 5) is 34.1. The molecular weight excluding hydrogens is 654 g/mol. The zero-order valence-corrected chi connectivity index (χ0v) is 26.6. The molecule has 0 saturated carbocycles. The number of hydrogen-bond donors (Lipinski definition) is 2. The van der Waals surface area contributed by atoms with Crippen LogP contribution in [0.5, 0.6) is 5.75 Å². The van der Waals surface area contributed by atoms with Crippen LogP contribution in [0.25, 0.3) is 16.9 Å². The number of carbonyl (C=O) groups is 2. The number of anilines is 1. The van der Waals surface area contributed by atoms with Crippen LogP contribution in [0.4, 0.5) is 14.5 Å². The Labute approximate surface area is 279 Å². The van der Waals surface area contributed by atoms with Crippen LogP contribution in [0.15, 0.2) is 49.1 Å². The lowest BCUT2D eigenvalue weighted by Crippen LogP contribution is -2.42. The predicted octanol–water partition coefficient (Wildman–Crippen LogP) is 3.06. The maximum Gasteiger partial charge on any atom is 0.387 e. The third-order valence-electron chi connectivity index (χ3n) is 8.30. The van der Waals surface area contributed by atoms with Crippen molar-refractivity contribution in [2.75, 3.05) is 57.9 Å². The number of morpholine rings is 1. The van der Waals surface area contributed by atoms with Gasteiger partial charge in [0.25, 0.3) is 0 Å². The van der Waals surface area contributed by atoms with Gasteiger partial charge in [0, 0.05) is 61.9 Å². The number of aliphatic hydroxyl groups excluding tert-OH is 1. The summed E-state index contributed by atoms with van der Waals surface area (Å²) in [5.74, 6) is -0.999. The second kappa shape index (κ2) is 15.2. The summed E-state index contributed by atoms with van der Waals surface area (Å²) in [7, 11) is 0. The quantitative estimate of drug-likeness (QED) is 0.167. The van der Waals surface area contributed by atoms with Gasteiger partial charge in [-0.2, -0.15) is 19.0 Å². The highest BCUT2D eigenvalue weighted by atomic mass is 35.5. The van der Waals surface area contributed by atoms with E-state index in [2.05, 4.69) is 25.4 Å². The fraction of sp³-hybridized carbons (Fsp3) is 0.452. The first-order chi connectivity index (χ1) is 23.2. The van der Waals surface area contributed by atoms with Gasteiger partial charge < -0.3 is 29.5 Å². The van der Waals surface area contributed by atoms with Crippen molar-refractivity contribution in [3.05, 3.63) is 59.6 Å². The van der Waals surface area contributed by atoms with Gasteiger partial charge in [-0.3, -0.25) is 19.2 Å². The number of esters is 1. The maximum atomic E-state index is 13.4. The number of likely N-dealkylation sites (tertiary alicyclic amines) is 1. The molecule has 48 heavy (non-hydrogen) atoms. The maximum absolute atomic E-state index is 13.4. The first-order valence-corrected chi connectivity index (χ1v) is 15.9. The molecule has 6 rings (SSSR count). The molecule has 1 unspecified atom stereocenters. The van der Waals surface area contributed by atoms with E-state index in [0.717, 1.165) is 13.1 Å². The Morgan fingerprint density at radius 2 is 1.96 bits per heavy atom. The van der Waals surface area contributed by atoms with Crippen molar-refractivity contribution in [2.45, 2.75) is 32.2 Å². The predicted molar refractivity (Wildman–Crippen MR) is 168 cm³/mol. The average Bonchev–Trinajstić information content (AvgIpc) is 3.70. The largest absolute Gasteiger partial charge is 0.464 e. The molecule has 1 aromatic carbocycles. The van der Waals surface area contributed by atoms with Crippen LogP contribution in [0.3, 0.4) is 0 Å². The van der Waals surface area contributed by atoms with Crippen molar-refractivity contribution in [3.63, 3.8) is 0 Å². The first-order valence-electron chi connectivity index (χ1n) is 15.5. The van der Waals surface area contributed by atoms with Gasteiger partial charge in [0.1, 0.15) is 24.6 Å². The van der Waals surface area contributed by atoms with Crippen molar-refractivity contribution in [2.24, 2.45) is 5.92 Å². The zero-order chi connectivity index (χ0) is 33.6. The minimum absolute atomic E-state index is 0.114. The molecule has 4 aromatic rings. The average molecular weight is 689 g/mol. The molecule has 0 aliphatic carbocycles. The Bertz CT molecular complexity index is 1720. The Balaban J connectivity index is 1.14.